The molecule has 4 nitrogen and oxygen atoms in total. The molecular formula is C15H27BrN4. The van der Waals surface area contributed by atoms with E-state index < -0.39 is 0 Å². The van der Waals surface area contributed by atoms with Gasteiger partial charge in [-0.15, -0.1) is 0 Å². The van der Waals surface area contributed by atoms with Crippen molar-refractivity contribution in [2.24, 2.45) is 5.41 Å². The number of halogens is 1. The maximum absolute atomic E-state index is 4.35. The summed E-state index contributed by atoms with van der Waals surface area (Å²) in [5.74, 6) is 1.68. The van der Waals surface area contributed by atoms with E-state index in [1.54, 1.807) is 6.33 Å². The summed E-state index contributed by atoms with van der Waals surface area (Å²) in [6.07, 6.45) is 3.71. The fourth-order valence-electron chi connectivity index (χ4n) is 2.51. The molecule has 20 heavy (non-hydrogen) atoms. The number of nitrogens with one attached hydrogen (secondary N) is 2. The first-order chi connectivity index (χ1) is 9.14. The van der Waals surface area contributed by atoms with Gasteiger partial charge in [0, 0.05) is 12.1 Å². The van der Waals surface area contributed by atoms with Crippen molar-refractivity contribution in [1.29, 1.82) is 0 Å². The van der Waals surface area contributed by atoms with Crippen molar-refractivity contribution in [3.63, 3.8) is 0 Å². The number of rotatable bonds is 6. The summed E-state index contributed by atoms with van der Waals surface area (Å²) >= 11 is 3.59. The van der Waals surface area contributed by atoms with Crippen molar-refractivity contribution in [1.82, 2.24) is 9.97 Å². The highest BCUT2D eigenvalue weighted by atomic mass is 79.9. The molecule has 0 saturated carbocycles. The van der Waals surface area contributed by atoms with Crippen LogP contribution in [0.2, 0.25) is 0 Å². The fraction of sp³-hybridized carbons (Fsp3) is 0.733. The first kappa shape index (κ1) is 17.2. The summed E-state index contributed by atoms with van der Waals surface area (Å²) in [4.78, 5) is 8.63. The van der Waals surface area contributed by atoms with E-state index in [-0.39, 0.29) is 11.0 Å². The van der Waals surface area contributed by atoms with Crippen molar-refractivity contribution < 1.29 is 0 Å². The third-order valence-electron chi connectivity index (χ3n) is 2.76. The monoisotopic (exact) mass is 342 g/mol. The van der Waals surface area contributed by atoms with Crippen molar-refractivity contribution in [2.45, 2.75) is 59.9 Å². The van der Waals surface area contributed by atoms with Gasteiger partial charge >= 0.3 is 0 Å². The van der Waals surface area contributed by atoms with Crippen LogP contribution in [0.1, 0.15) is 54.4 Å². The minimum Gasteiger partial charge on any atom is -0.369 e. The normalized spacial score (nSPS) is 12.3. The van der Waals surface area contributed by atoms with E-state index in [9.17, 15) is 0 Å². The van der Waals surface area contributed by atoms with Crippen LogP contribution in [0.5, 0.6) is 0 Å². The molecule has 0 aliphatic heterocycles. The van der Waals surface area contributed by atoms with E-state index in [0.29, 0.717) is 0 Å². The first-order valence-electron chi connectivity index (χ1n) is 7.17. The summed E-state index contributed by atoms with van der Waals surface area (Å²) in [6, 6.07) is 0. The lowest BCUT2D eigenvalue weighted by atomic mass is 9.82. The van der Waals surface area contributed by atoms with Crippen LogP contribution < -0.4 is 10.6 Å². The second-order valence-corrected chi connectivity index (χ2v) is 7.85. The molecule has 0 atom stereocenters. The standard InChI is InChI=1S/C15H27BrN4/c1-7-8-17-12-11(16)13(19-10-18-12)20-15(5,6)9-14(2,3)4/h10H,7-9H2,1-6H3,(H2,17,18,19,20). The topological polar surface area (TPSA) is 49.8 Å². The number of nitrogens with zero attached hydrogens (tertiary/aromatic N) is 2. The van der Waals surface area contributed by atoms with Crippen LogP contribution in [-0.2, 0) is 0 Å². The molecule has 0 fully saturated rings. The molecule has 5 heteroatoms. The van der Waals surface area contributed by atoms with Crippen LogP contribution in [0, 0.1) is 5.41 Å². The molecule has 0 amide bonds. The molecule has 1 aromatic heterocycles. The predicted octanol–water partition coefficient (Wildman–Crippen LogP) is 4.69. The average Bonchev–Trinajstić information content (AvgIpc) is 2.27. The Morgan fingerprint density at radius 1 is 1.10 bits per heavy atom. The van der Waals surface area contributed by atoms with E-state index in [1.165, 1.54) is 0 Å². The number of anilines is 2. The average molecular weight is 343 g/mol. The van der Waals surface area contributed by atoms with E-state index in [0.717, 1.165) is 35.5 Å². The number of aromatic nitrogens is 2. The van der Waals surface area contributed by atoms with Crippen LogP contribution >= 0.6 is 15.9 Å². The maximum Gasteiger partial charge on any atom is 0.146 e. The summed E-state index contributed by atoms with van der Waals surface area (Å²) in [5.41, 5.74) is 0.233. The zero-order valence-corrected chi connectivity index (χ0v) is 15.1. The minimum atomic E-state index is -0.0306. The number of hydrogen-bond donors (Lipinski definition) is 2. The van der Waals surface area contributed by atoms with E-state index in [1.807, 2.05) is 0 Å². The van der Waals surface area contributed by atoms with Gasteiger partial charge in [-0.25, -0.2) is 9.97 Å². The molecule has 0 spiro atoms. The lowest BCUT2D eigenvalue weighted by molar-refractivity contribution is 0.302. The highest BCUT2D eigenvalue weighted by molar-refractivity contribution is 9.10. The summed E-state index contributed by atoms with van der Waals surface area (Å²) in [6.45, 7) is 14.2. The van der Waals surface area contributed by atoms with Crippen LogP contribution in [0.3, 0.4) is 0 Å². The Balaban J connectivity index is 2.87. The first-order valence-corrected chi connectivity index (χ1v) is 7.96. The highest BCUT2D eigenvalue weighted by Gasteiger charge is 2.26. The van der Waals surface area contributed by atoms with Gasteiger partial charge in [0.25, 0.3) is 0 Å². The third kappa shape index (κ3) is 5.65. The lowest BCUT2D eigenvalue weighted by Gasteiger charge is -2.34. The molecule has 1 heterocycles. The van der Waals surface area contributed by atoms with Gasteiger partial charge in [0.2, 0.25) is 0 Å². The van der Waals surface area contributed by atoms with Crippen LogP contribution in [-0.4, -0.2) is 22.1 Å². The molecule has 0 bridgehead atoms. The van der Waals surface area contributed by atoms with Crippen molar-refractivity contribution >= 4 is 27.6 Å². The Hall–Kier alpha value is -0.840. The SMILES string of the molecule is CCCNc1ncnc(NC(C)(C)CC(C)(C)C)c1Br. The third-order valence-corrected chi connectivity index (χ3v) is 3.51. The summed E-state index contributed by atoms with van der Waals surface area (Å²) in [7, 11) is 0. The van der Waals surface area contributed by atoms with Crippen LogP contribution in [0.25, 0.3) is 0 Å². The zero-order valence-electron chi connectivity index (χ0n) is 13.5. The smallest absolute Gasteiger partial charge is 0.146 e. The highest BCUT2D eigenvalue weighted by Crippen LogP contribution is 2.33. The van der Waals surface area contributed by atoms with Gasteiger partial charge < -0.3 is 10.6 Å². The van der Waals surface area contributed by atoms with E-state index in [2.05, 4.69) is 78.1 Å². The van der Waals surface area contributed by atoms with Crippen molar-refractivity contribution in [3.05, 3.63) is 10.8 Å². The molecule has 0 unspecified atom stereocenters. The number of hydrogen-bond acceptors (Lipinski definition) is 4. The molecule has 0 radical (unpaired) electrons. The quantitative estimate of drug-likeness (QED) is 0.787. The molecular weight excluding hydrogens is 316 g/mol. The summed E-state index contributed by atoms with van der Waals surface area (Å²) < 4.78 is 0.899. The van der Waals surface area contributed by atoms with Gasteiger partial charge in [-0.1, -0.05) is 27.7 Å². The Labute approximate surface area is 131 Å². The van der Waals surface area contributed by atoms with Gasteiger partial charge in [0.05, 0.1) is 0 Å². The molecule has 114 valence electrons. The van der Waals surface area contributed by atoms with Gasteiger partial charge in [-0.05, 0) is 48.0 Å². The maximum atomic E-state index is 4.35. The Morgan fingerprint density at radius 2 is 1.70 bits per heavy atom. The summed E-state index contributed by atoms with van der Waals surface area (Å²) in [5, 5.41) is 6.82. The van der Waals surface area contributed by atoms with Crippen molar-refractivity contribution in [3.8, 4) is 0 Å². The minimum absolute atomic E-state index is 0.0306. The zero-order chi connectivity index (χ0) is 15.4. The van der Waals surface area contributed by atoms with Crippen molar-refractivity contribution in [2.75, 3.05) is 17.2 Å². The second kappa shape index (κ2) is 6.74. The Kier molecular flexibility index (Phi) is 5.80. The molecule has 1 aromatic rings. The fourth-order valence-corrected chi connectivity index (χ4v) is 2.96. The lowest BCUT2D eigenvalue weighted by Crippen LogP contribution is -2.36. The van der Waals surface area contributed by atoms with E-state index in [4.69, 9.17) is 0 Å². The molecule has 0 aromatic carbocycles. The van der Waals surface area contributed by atoms with Gasteiger partial charge in [0.1, 0.15) is 22.4 Å². The van der Waals surface area contributed by atoms with Crippen LogP contribution in [0.15, 0.2) is 10.8 Å². The van der Waals surface area contributed by atoms with Gasteiger partial charge in [0.15, 0.2) is 0 Å². The molecule has 0 saturated heterocycles. The Bertz CT molecular complexity index is 438. The Morgan fingerprint density at radius 3 is 2.25 bits per heavy atom. The molecule has 2 N–H and O–H groups in total. The van der Waals surface area contributed by atoms with Crippen LogP contribution in [0.4, 0.5) is 11.6 Å². The van der Waals surface area contributed by atoms with Gasteiger partial charge in [-0.2, -0.15) is 0 Å². The molecule has 0 aliphatic rings. The van der Waals surface area contributed by atoms with Gasteiger partial charge in [-0.3, -0.25) is 0 Å². The largest absolute Gasteiger partial charge is 0.369 e. The van der Waals surface area contributed by atoms with E-state index >= 15 is 0 Å². The molecule has 1 rings (SSSR count). The molecule has 0 aliphatic carbocycles. The predicted molar refractivity (Wildman–Crippen MR) is 90.3 cm³/mol. The second-order valence-electron chi connectivity index (χ2n) is 7.06.